The number of nitrogens with one attached hydrogen (secondary N) is 2. The SMILES string of the molecule is C=C1C/C(=C\c2cnn3c(NC4CC4)cc(-c4ccc(C(=O)N5CCCC(N)CC5)s4)nc23)C(=O)N1. The zero-order valence-electron chi connectivity index (χ0n) is 20.0. The van der Waals surface area contributed by atoms with E-state index in [2.05, 4.69) is 22.3 Å². The van der Waals surface area contributed by atoms with Gasteiger partial charge in [0.2, 0.25) is 0 Å². The van der Waals surface area contributed by atoms with Gasteiger partial charge in [-0.3, -0.25) is 9.59 Å². The summed E-state index contributed by atoms with van der Waals surface area (Å²) in [6.45, 7) is 5.30. The van der Waals surface area contributed by atoms with Gasteiger partial charge in [0.05, 0.1) is 21.6 Å². The number of hydrogen-bond acceptors (Lipinski definition) is 7. The molecule has 0 aromatic carbocycles. The first-order valence-corrected chi connectivity index (χ1v) is 13.3. The van der Waals surface area contributed by atoms with Crippen LogP contribution in [0.3, 0.4) is 0 Å². The topological polar surface area (TPSA) is 118 Å². The third-order valence-electron chi connectivity index (χ3n) is 6.87. The molecule has 1 aliphatic carbocycles. The summed E-state index contributed by atoms with van der Waals surface area (Å²) >= 11 is 1.46. The predicted octanol–water partition coefficient (Wildman–Crippen LogP) is 3.40. The van der Waals surface area contributed by atoms with Crippen molar-refractivity contribution in [3.05, 3.63) is 52.7 Å². The Morgan fingerprint density at radius 1 is 1.25 bits per heavy atom. The number of nitrogens with two attached hydrogens (primary N) is 1. The molecule has 1 unspecified atom stereocenters. The molecule has 3 aromatic rings. The van der Waals surface area contributed by atoms with Gasteiger partial charge in [-0.2, -0.15) is 9.61 Å². The molecule has 4 N–H and O–H groups in total. The largest absolute Gasteiger partial charge is 0.367 e. The molecule has 3 fully saturated rings. The normalized spacial score (nSPS) is 21.8. The quantitative estimate of drug-likeness (QED) is 0.460. The van der Waals surface area contributed by atoms with E-state index in [4.69, 9.17) is 10.7 Å². The van der Waals surface area contributed by atoms with Crippen LogP contribution in [-0.2, 0) is 4.79 Å². The van der Waals surface area contributed by atoms with E-state index in [1.807, 2.05) is 29.2 Å². The zero-order chi connectivity index (χ0) is 24.8. The standard InChI is InChI=1S/C26H29N7O2S/c1-15-11-16(25(34)29-15)12-17-14-28-33-23(30-19-4-5-19)13-20(31-24(17)33)21-6-7-22(36-21)26(35)32-9-2-3-18(27)8-10-32/h6-7,12-14,18-19,30H,1-5,8-11,27H2,(H,29,34)/b16-12+. The predicted molar refractivity (Wildman–Crippen MR) is 141 cm³/mol. The molecule has 2 aliphatic heterocycles. The van der Waals surface area contributed by atoms with E-state index in [0.717, 1.165) is 60.6 Å². The summed E-state index contributed by atoms with van der Waals surface area (Å²) in [5.74, 6) is 0.771. The van der Waals surface area contributed by atoms with Crippen LogP contribution in [0.1, 0.15) is 53.8 Å². The lowest BCUT2D eigenvalue weighted by Crippen LogP contribution is -2.32. The molecule has 2 amide bonds. The summed E-state index contributed by atoms with van der Waals surface area (Å²) in [5, 5.41) is 10.9. The molecule has 3 aliphatic rings. The van der Waals surface area contributed by atoms with Gasteiger partial charge in [-0.15, -0.1) is 11.3 Å². The Hall–Kier alpha value is -3.50. The zero-order valence-corrected chi connectivity index (χ0v) is 20.8. The Morgan fingerprint density at radius 3 is 2.89 bits per heavy atom. The number of anilines is 1. The van der Waals surface area contributed by atoms with Gasteiger partial charge in [0.25, 0.3) is 11.8 Å². The van der Waals surface area contributed by atoms with Gasteiger partial charge in [0, 0.05) is 54.5 Å². The molecule has 0 spiro atoms. The van der Waals surface area contributed by atoms with E-state index < -0.39 is 0 Å². The number of allylic oxidation sites excluding steroid dienone is 1. The van der Waals surface area contributed by atoms with Crippen molar-refractivity contribution >= 4 is 40.7 Å². The summed E-state index contributed by atoms with van der Waals surface area (Å²) in [6, 6.07) is 6.44. The molecule has 2 saturated heterocycles. The molecular weight excluding hydrogens is 474 g/mol. The number of carbonyl (C=O) groups excluding carboxylic acids is 2. The molecule has 1 saturated carbocycles. The molecule has 36 heavy (non-hydrogen) atoms. The lowest BCUT2D eigenvalue weighted by Gasteiger charge is -2.19. The summed E-state index contributed by atoms with van der Waals surface area (Å²) in [5.41, 5.74) is 9.63. The Bertz CT molecular complexity index is 1400. The third-order valence-corrected chi connectivity index (χ3v) is 7.97. The minimum atomic E-state index is -0.136. The van der Waals surface area contributed by atoms with E-state index in [9.17, 15) is 9.59 Å². The highest BCUT2D eigenvalue weighted by Crippen LogP contribution is 2.33. The van der Waals surface area contributed by atoms with E-state index >= 15 is 0 Å². The van der Waals surface area contributed by atoms with Crippen molar-refractivity contribution in [3.63, 3.8) is 0 Å². The fourth-order valence-corrected chi connectivity index (χ4v) is 5.65. The van der Waals surface area contributed by atoms with Crippen LogP contribution in [0.15, 0.2) is 42.2 Å². The van der Waals surface area contributed by atoms with Gasteiger partial charge < -0.3 is 21.3 Å². The highest BCUT2D eigenvalue weighted by molar-refractivity contribution is 7.17. The van der Waals surface area contributed by atoms with Crippen LogP contribution >= 0.6 is 11.3 Å². The first kappa shape index (κ1) is 22.9. The monoisotopic (exact) mass is 503 g/mol. The van der Waals surface area contributed by atoms with Crippen molar-refractivity contribution in [1.82, 2.24) is 24.8 Å². The Kier molecular flexibility index (Phi) is 5.85. The van der Waals surface area contributed by atoms with E-state index in [1.54, 1.807) is 10.7 Å². The highest BCUT2D eigenvalue weighted by Gasteiger charge is 2.25. The van der Waals surface area contributed by atoms with Gasteiger partial charge in [-0.1, -0.05) is 6.58 Å². The number of nitrogens with zero attached hydrogens (tertiary/aromatic N) is 4. The van der Waals surface area contributed by atoms with Crippen LogP contribution in [0.5, 0.6) is 0 Å². The summed E-state index contributed by atoms with van der Waals surface area (Å²) in [6.07, 6.45) is 9.03. The summed E-state index contributed by atoms with van der Waals surface area (Å²) < 4.78 is 1.79. The molecule has 186 valence electrons. The molecule has 6 rings (SSSR count). The fraction of sp³-hybridized carbons (Fsp3) is 0.385. The smallest absolute Gasteiger partial charge is 0.263 e. The number of thiophene rings is 1. The van der Waals surface area contributed by atoms with Crippen molar-refractivity contribution in [2.75, 3.05) is 18.4 Å². The number of aromatic nitrogens is 3. The molecule has 3 aromatic heterocycles. The molecule has 0 radical (unpaired) electrons. The lowest BCUT2D eigenvalue weighted by atomic mass is 10.1. The Morgan fingerprint density at radius 2 is 2.11 bits per heavy atom. The number of rotatable bonds is 5. The van der Waals surface area contributed by atoms with Crippen molar-refractivity contribution < 1.29 is 9.59 Å². The van der Waals surface area contributed by atoms with E-state index in [0.29, 0.717) is 40.8 Å². The summed E-state index contributed by atoms with van der Waals surface area (Å²) in [7, 11) is 0. The molecule has 9 nitrogen and oxygen atoms in total. The number of amides is 2. The minimum absolute atomic E-state index is 0.0556. The van der Waals surface area contributed by atoms with Gasteiger partial charge in [-0.25, -0.2) is 4.98 Å². The number of likely N-dealkylation sites (tertiary alicyclic amines) is 1. The second-order valence-electron chi connectivity index (χ2n) is 9.83. The summed E-state index contributed by atoms with van der Waals surface area (Å²) in [4.78, 5) is 33.9. The van der Waals surface area contributed by atoms with E-state index in [1.165, 1.54) is 11.3 Å². The molecule has 1 atom stereocenters. The second kappa shape index (κ2) is 9.18. The first-order valence-electron chi connectivity index (χ1n) is 12.4. The second-order valence-corrected chi connectivity index (χ2v) is 10.9. The molecule has 5 heterocycles. The molecule has 0 bridgehead atoms. The number of fused-ring (bicyclic) bond motifs is 1. The van der Waals surface area contributed by atoms with Gasteiger partial charge >= 0.3 is 0 Å². The van der Waals surface area contributed by atoms with Gasteiger partial charge in [0.1, 0.15) is 5.82 Å². The van der Waals surface area contributed by atoms with Crippen LogP contribution in [-0.4, -0.2) is 56.5 Å². The average Bonchev–Trinajstić information content (AvgIpc) is 3.30. The number of carbonyl (C=O) groups is 2. The van der Waals surface area contributed by atoms with Crippen LogP contribution in [0.25, 0.3) is 22.3 Å². The maximum Gasteiger partial charge on any atom is 0.263 e. The average molecular weight is 504 g/mol. The van der Waals surface area contributed by atoms with Crippen LogP contribution in [0.2, 0.25) is 0 Å². The Labute approximate surface area is 213 Å². The fourth-order valence-electron chi connectivity index (χ4n) is 4.72. The Balaban J connectivity index is 1.35. The first-order chi connectivity index (χ1) is 17.4. The van der Waals surface area contributed by atoms with Crippen molar-refractivity contribution in [2.24, 2.45) is 5.73 Å². The van der Waals surface area contributed by atoms with E-state index in [-0.39, 0.29) is 17.9 Å². The van der Waals surface area contributed by atoms with Crippen LogP contribution in [0, 0.1) is 0 Å². The maximum atomic E-state index is 13.2. The highest BCUT2D eigenvalue weighted by atomic mass is 32.1. The van der Waals surface area contributed by atoms with Gasteiger partial charge in [0.15, 0.2) is 5.65 Å². The van der Waals surface area contributed by atoms with Crippen molar-refractivity contribution in [1.29, 1.82) is 0 Å². The molecule has 10 heteroatoms. The van der Waals surface area contributed by atoms with Crippen molar-refractivity contribution in [3.8, 4) is 10.6 Å². The van der Waals surface area contributed by atoms with Crippen LogP contribution in [0.4, 0.5) is 5.82 Å². The van der Waals surface area contributed by atoms with Gasteiger partial charge in [-0.05, 0) is 50.3 Å². The number of hydrogen-bond donors (Lipinski definition) is 3. The lowest BCUT2D eigenvalue weighted by molar-refractivity contribution is -0.115. The molecular formula is C26H29N7O2S. The third kappa shape index (κ3) is 4.54. The minimum Gasteiger partial charge on any atom is -0.367 e. The van der Waals surface area contributed by atoms with Crippen LogP contribution < -0.4 is 16.4 Å². The maximum absolute atomic E-state index is 13.2. The van der Waals surface area contributed by atoms with Crippen molar-refractivity contribution in [2.45, 2.75) is 50.6 Å².